The van der Waals surface area contributed by atoms with Crippen LogP contribution in [0.3, 0.4) is 0 Å². The molecule has 0 radical (unpaired) electrons. The number of carbonyl (C=O) groups is 1. The molecule has 0 aliphatic carbocycles. The fourth-order valence-electron chi connectivity index (χ4n) is 0.620. The van der Waals surface area contributed by atoms with E-state index < -0.39 is 17.8 Å². The fraction of sp³-hybridized carbons (Fsp3) is 0.400. The number of nitrogens with one attached hydrogen (secondary N) is 2. The zero-order chi connectivity index (χ0) is 8.48. The Morgan fingerprint density at radius 1 is 1.36 bits per heavy atom. The number of hydrazine groups is 1. The van der Waals surface area contributed by atoms with Crippen LogP contribution < -0.4 is 10.9 Å². The minimum Gasteiger partial charge on any atom is -0.294 e. The molecule has 0 unspecified atom stereocenters. The summed E-state index contributed by atoms with van der Waals surface area (Å²) in [5.41, 5.74) is 2.69. The second kappa shape index (κ2) is 2.44. The third kappa shape index (κ3) is 1.86. The van der Waals surface area contributed by atoms with Gasteiger partial charge >= 0.3 is 6.18 Å². The van der Waals surface area contributed by atoms with E-state index in [0.717, 1.165) is 6.08 Å². The van der Waals surface area contributed by atoms with Gasteiger partial charge < -0.3 is 0 Å². The first-order chi connectivity index (χ1) is 5.00. The number of rotatable bonds is 0. The summed E-state index contributed by atoms with van der Waals surface area (Å²) in [6.45, 7) is 0. The molecule has 0 atom stereocenters. The van der Waals surface area contributed by atoms with Crippen LogP contribution in [0.2, 0.25) is 0 Å². The maximum Gasteiger partial charge on any atom is 0.432 e. The lowest BCUT2D eigenvalue weighted by Crippen LogP contribution is -2.44. The van der Waals surface area contributed by atoms with Gasteiger partial charge in [-0.25, -0.2) is 0 Å². The van der Waals surface area contributed by atoms with Gasteiger partial charge in [-0.3, -0.25) is 15.6 Å². The molecule has 1 aliphatic rings. The van der Waals surface area contributed by atoms with Crippen LogP contribution in [-0.4, -0.2) is 12.1 Å². The molecule has 1 amide bonds. The number of amides is 1. The largest absolute Gasteiger partial charge is 0.432 e. The topological polar surface area (TPSA) is 41.1 Å². The molecule has 1 heterocycles. The van der Waals surface area contributed by atoms with Crippen LogP contribution in [-0.2, 0) is 4.79 Å². The summed E-state index contributed by atoms with van der Waals surface area (Å²) >= 11 is 0. The Bertz CT molecular complexity index is 208. The van der Waals surface area contributed by atoms with Gasteiger partial charge in [0.2, 0.25) is 5.91 Å². The number of hydrogen-bond acceptors (Lipinski definition) is 2. The first-order valence-corrected chi connectivity index (χ1v) is 2.82. The molecule has 0 spiro atoms. The lowest BCUT2D eigenvalue weighted by atomic mass is 10.3. The third-order valence-electron chi connectivity index (χ3n) is 1.13. The van der Waals surface area contributed by atoms with Crippen LogP contribution >= 0.6 is 0 Å². The van der Waals surface area contributed by atoms with Gasteiger partial charge in [0.15, 0.2) is 0 Å². The quantitative estimate of drug-likeness (QED) is 0.548. The average Bonchev–Trinajstić information content (AvgIpc) is 1.86. The van der Waals surface area contributed by atoms with Crippen molar-refractivity contribution in [3.63, 3.8) is 0 Å². The predicted molar refractivity (Wildman–Crippen MR) is 30.0 cm³/mol. The lowest BCUT2D eigenvalue weighted by molar-refractivity contribution is -0.124. The Balaban J connectivity index is 2.69. The van der Waals surface area contributed by atoms with Gasteiger partial charge in [-0.2, -0.15) is 13.2 Å². The highest BCUT2D eigenvalue weighted by molar-refractivity contribution is 5.78. The smallest absolute Gasteiger partial charge is 0.294 e. The van der Waals surface area contributed by atoms with Crippen molar-refractivity contribution in [2.24, 2.45) is 0 Å². The van der Waals surface area contributed by atoms with Gasteiger partial charge in [-0.15, -0.1) is 0 Å². The molecule has 0 aromatic rings. The highest BCUT2D eigenvalue weighted by Crippen LogP contribution is 2.24. The third-order valence-corrected chi connectivity index (χ3v) is 1.13. The maximum absolute atomic E-state index is 11.8. The molecule has 11 heavy (non-hydrogen) atoms. The molecule has 0 bridgehead atoms. The van der Waals surface area contributed by atoms with Crippen molar-refractivity contribution < 1.29 is 18.0 Å². The Morgan fingerprint density at radius 2 is 2.00 bits per heavy atom. The number of carbonyl (C=O) groups excluding carboxylic acids is 1. The molecule has 0 aromatic heterocycles. The highest BCUT2D eigenvalue weighted by atomic mass is 19.4. The van der Waals surface area contributed by atoms with Gasteiger partial charge in [0.05, 0.1) is 0 Å². The molecule has 0 aromatic carbocycles. The van der Waals surface area contributed by atoms with Gasteiger partial charge in [-0.05, 0) is 6.08 Å². The van der Waals surface area contributed by atoms with Crippen LogP contribution in [0.1, 0.15) is 6.42 Å². The molecule has 2 N–H and O–H groups in total. The zero-order valence-corrected chi connectivity index (χ0v) is 5.33. The van der Waals surface area contributed by atoms with E-state index in [-0.39, 0.29) is 6.42 Å². The molecule has 0 saturated carbocycles. The molecular weight excluding hydrogens is 161 g/mol. The van der Waals surface area contributed by atoms with E-state index >= 15 is 0 Å². The summed E-state index contributed by atoms with van der Waals surface area (Å²) in [4.78, 5) is 10.4. The Labute approximate surface area is 60.2 Å². The van der Waals surface area contributed by atoms with E-state index in [2.05, 4.69) is 0 Å². The summed E-state index contributed by atoms with van der Waals surface area (Å²) in [6, 6.07) is 0. The first-order valence-electron chi connectivity index (χ1n) is 2.82. The standard InChI is InChI=1S/C5H5F3N2O/c6-5(7,8)3-1-2-4(11)10-9-3/h1,9H,2H2,(H,10,11). The molecule has 1 aliphatic heterocycles. The van der Waals surface area contributed by atoms with E-state index in [1.165, 1.54) is 0 Å². The van der Waals surface area contributed by atoms with E-state index in [1.807, 2.05) is 5.43 Å². The monoisotopic (exact) mass is 166 g/mol. The van der Waals surface area contributed by atoms with E-state index in [4.69, 9.17) is 0 Å². The Kier molecular flexibility index (Phi) is 1.76. The number of allylic oxidation sites excluding steroid dienone is 1. The normalized spacial score (nSPS) is 18.5. The van der Waals surface area contributed by atoms with E-state index in [1.54, 1.807) is 5.43 Å². The van der Waals surface area contributed by atoms with Crippen LogP contribution in [0.25, 0.3) is 0 Å². The van der Waals surface area contributed by atoms with Crippen molar-refractivity contribution >= 4 is 5.91 Å². The van der Waals surface area contributed by atoms with Crippen molar-refractivity contribution in [1.29, 1.82) is 0 Å². The number of hydrogen-bond donors (Lipinski definition) is 2. The van der Waals surface area contributed by atoms with Crippen molar-refractivity contribution in [1.82, 2.24) is 10.9 Å². The number of halogens is 3. The molecule has 62 valence electrons. The SMILES string of the molecule is O=C1CC=C(C(F)(F)F)NN1. The number of alkyl halides is 3. The lowest BCUT2D eigenvalue weighted by Gasteiger charge is -2.18. The molecule has 3 nitrogen and oxygen atoms in total. The van der Waals surface area contributed by atoms with Gasteiger partial charge in [0, 0.05) is 6.42 Å². The summed E-state index contributed by atoms with van der Waals surface area (Å²) in [6.07, 6.45) is -3.84. The molecular formula is C5H5F3N2O. The second-order valence-corrected chi connectivity index (χ2v) is 1.99. The van der Waals surface area contributed by atoms with Gasteiger partial charge in [0.1, 0.15) is 5.70 Å². The minimum atomic E-state index is -4.41. The average molecular weight is 166 g/mol. The van der Waals surface area contributed by atoms with Crippen LogP contribution in [0.15, 0.2) is 11.8 Å². The Hall–Kier alpha value is -1.20. The molecule has 6 heteroatoms. The molecule has 1 rings (SSSR count). The van der Waals surface area contributed by atoms with Gasteiger partial charge in [-0.1, -0.05) is 0 Å². The maximum atomic E-state index is 11.8. The molecule has 0 fully saturated rings. The van der Waals surface area contributed by atoms with Gasteiger partial charge in [0.25, 0.3) is 0 Å². The molecule has 0 saturated heterocycles. The zero-order valence-electron chi connectivity index (χ0n) is 5.33. The Morgan fingerprint density at radius 3 is 2.36 bits per heavy atom. The van der Waals surface area contributed by atoms with E-state index in [0.29, 0.717) is 0 Å². The predicted octanol–water partition coefficient (Wildman–Crippen LogP) is 0.457. The van der Waals surface area contributed by atoms with Crippen LogP contribution in [0.5, 0.6) is 0 Å². The first kappa shape index (κ1) is 7.90. The summed E-state index contributed by atoms with van der Waals surface area (Å²) in [5.74, 6) is -0.474. The fourth-order valence-corrected chi connectivity index (χ4v) is 0.620. The van der Waals surface area contributed by atoms with Crippen molar-refractivity contribution in [3.05, 3.63) is 11.8 Å². The van der Waals surface area contributed by atoms with Crippen molar-refractivity contribution in [3.8, 4) is 0 Å². The van der Waals surface area contributed by atoms with Crippen LogP contribution in [0.4, 0.5) is 13.2 Å². The summed E-state index contributed by atoms with van der Waals surface area (Å²) < 4.78 is 35.4. The second-order valence-electron chi connectivity index (χ2n) is 1.99. The van der Waals surface area contributed by atoms with Crippen LogP contribution in [0, 0.1) is 0 Å². The van der Waals surface area contributed by atoms with Crippen molar-refractivity contribution in [2.75, 3.05) is 0 Å². The highest BCUT2D eigenvalue weighted by Gasteiger charge is 2.35. The summed E-state index contributed by atoms with van der Waals surface area (Å²) in [7, 11) is 0. The summed E-state index contributed by atoms with van der Waals surface area (Å²) in [5, 5.41) is 0. The van der Waals surface area contributed by atoms with E-state index in [9.17, 15) is 18.0 Å². The minimum absolute atomic E-state index is 0.234. The van der Waals surface area contributed by atoms with Crippen molar-refractivity contribution in [2.45, 2.75) is 12.6 Å².